The minimum atomic E-state index is -0.999. The fraction of sp³-hybridized carbons (Fsp3) is 0.375. The molecule has 1 heterocycles. The minimum absolute atomic E-state index is 0.0794. The van der Waals surface area contributed by atoms with Crippen molar-refractivity contribution in [2.24, 2.45) is 5.92 Å². The minimum Gasteiger partial charge on any atom is -0.477 e. The summed E-state index contributed by atoms with van der Waals surface area (Å²) < 4.78 is 0. The predicted octanol–water partition coefficient (Wildman–Crippen LogP) is 3.78. The Bertz CT molecular complexity index is 606. The Labute approximate surface area is 118 Å². The lowest BCUT2D eigenvalue weighted by atomic mass is 10.0. The van der Waals surface area contributed by atoms with Gasteiger partial charge in [0, 0.05) is 11.9 Å². The molecule has 1 aromatic carbocycles. The van der Waals surface area contributed by atoms with E-state index in [0.717, 1.165) is 30.2 Å². The molecule has 0 unspecified atom stereocenters. The van der Waals surface area contributed by atoms with Gasteiger partial charge >= 0.3 is 5.97 Å². The van der Waals surface area contributed by atoms with Crippen molar-refractivity contribution in [3.05, 3.63) is 36.0 Å². The SMILES string of the molecule is CCC(CC)CNc1nc(C(=O)O)cc2ccccc12. The molecule has 0 amide bonds. The third-order valence-electron chi connectivity index (χ3n) is 3.67. The largest absolute Gasteiger partial charge is 0.477 e. The summed E-state index contributed by atoms with van der Waals surface area (Å²) in [6, 6.07) is 9.32. The normalized spacial score (nSPS) is 10.9. The zero-order valence-corrected chi connectivity index (χ0v) is 11.9. The summed E-state index contributed by atoms with van der Waals surface area (Å²) in [4.78, 5) is 15.4. The number of hydrogen-bond acceptors (Lipinski definition) is 3. The van der Waals surface area contributed by atoms with Crippen LogP contribution in [0.25, 0.3) is 10.8 Å². The second-order valence-corrected chi connectivity index (χ2v) is 4.95. The number of rotatable bonds is 6. The molecular formula is C16H20N2O2. The van der Waals surface area contributed by atoms with Gasteiger partial charge in [-0.1, -0.05) is 51.0 Å². The molecule has 1 aromatic heterocycles. The standard InChI is InChI=1S/C16H20N2O2/c1-3-11(4-2)10-17-15-13-8-6-5-7-12(13)9-14(18-15)16(19)20/h5-9,11H,3-4,10H2,1-2H3,(H,17,18)(H,19,20). The van der Waals surface area contributed by atoms with Crippen LogP contribution in [0.15, 0.2) is 30.3 Å². The van der Waals surface area contributed by atoms with Crippen molar-refractivity contribution in [2.45, 2.75) is 26.7 Å². The van der Waals surface area contributed by atoms with Crippen LogP contribution >= 0.6 is 0 Å². The van der Waals surface area contributed by atoms with E-state index in [1.54, 1.807) is 6.07 Å². The molecule has 20 heavy (non-hydrogen) atoms. The van der Waals surface area contributed by atoms with Crippen LogP contribution in [0.2, 0.25) is 0 Å². The van der Waals surface area contributed by atoms with Crippen LogP contribution in [0, 0.1) is 5.92 Å². The van der Waals surface area contributed by atoms with Crippen molar-refractivity contribution in [1.82, 2.24) is 4.98 Å². The molecule has 2 N–H and O–H groups in total. The second-order valence-electron chi connectivity index (χ2n) is 4.95. The molecule has 0 aliphatic carbocycles. The Balaban J connectivity index is 2.37. The highest BCUT2D eigenvalue weighted by atomic mass is 16.4. The van der Waals surface area contributed by atoms with E-state index in [1.807, 2.05) is 24.3 Å². The van der Waals surface area contributed by atoms with Gasteiger partial charge in [0.2, 0.25) is 0 Å². The number of carbonyl (C=O) groups is 1. The van der Waals surface area contributed by atoms with Gasteiger partial charge in [-0.3, -0.25) is 0 Å². The van der Waals surface area contributed by atoms with Crippen molar-refractivity contribution in [1.29, 1.82) is 0 Å². The lowest BCUT2D eigenvalue weighted by molar-refractivity contribution is 0.0691. The van der Waals surface area contributed by atoms with Gasteiger partial charge in [0.15, 0.2) is 5.69 Å². The van der Waals surface area contributed by atoms with Crippen molar-refractivity contribution in [3.8, 4) is 0 Å². The van der Waals surface area contributed by atoms with E-state index in [2.05, 4.69) is 24.1 Å². The van der Waals surface area contributed by atoms with Gasteiger partial charge in [-0.2, -0.15) is 0 Å². The van der Waals surface area contributed by atoms with Crippen LogP contribution < -0.4 is 5.32 Å². The third kappa shape index (κ3) is 3.07. The monoisotopic (exact) mass is 272 g/mol. The maximum absolute atomic E-state index is 11.2. The van der Waals surface area contributed by atoms with Crippen LogP contribution in [0.4, 0.5) is 5.82 Å². The quantitative estimate of drug-likeness (QED) is 0.840. The maximum Gasteiger partial charge on any atom is 0.354 e. The first-order chi connectivity index (χ1) is 9.65. The molecule has 4 heteroatoms. The van der Waals surface area contributed by atoms with Gasteiger partial charge in [-0.15, -0.1) is 0 Å². The number of hydrogen-bond donors (Lipinski definition) is 2. The number of fused-ring (bicyclic) bond motifs is 1. The Morgan fingerprint density at radius 3 is 2.65 bits per heavy atom. The summed E-state index contributed by atoms with van der Waals surface area (Å²) in [5.74, 6) is 0.234. The highest BCUT2D eigenvalue weighted by Crippen LogP contribution is 2.23. The lowest BCUT2D eigenvalue weighted by Crippen LogP contribution is -2.15. The molecule has 106 valence electrons. The molecule has 0 saturated heterocycles. The summed E-state index contributed by atoms with van der Waals surface area (Å²) in [5.41, 5.74) is 0.0794. The molecule has 0 fully saturated rings. The molecule has 0 radical (unpaired) electrons. The van der Waals surface area contributed by atoms with Gasteiger partial charge in [-0.05, 0) is 17.4 Å². The molecule has 2 rings (SSSR count). The van der Waals surface area contributed by atoms with Gasteiger partial charge in [0.1, 0.15) is 5.82 Å². The number of nitrogens with zero attached hydrogens (tertiary/aromatic N) is 1. The van der Waals surface area contributed by atoms with Gasteiger partial charge in [-0.25, -0.2) is 9.78 Å². The van der Waals surface area contributed by atoms with E-state index < -0.39 is 5.97 Å². The van der Waals surface area contributed by atoms with E-state index in [9.17, 15) is 4.79 Å². The Kier molecular flexibility index (Phi) is 4.56. The van der Waals surface area contributed by atoms with Crippen molar-refractivity contribution in [3.63, 3.8) is 0 Å². The first-order valence-electron chi connectivity index (χ1n) is 7.02. The van der Waals surface area contributed by atoms with Crippen LogP contribution in [0.5, 0.6) is 0 Å². The number of nitrogens with one attached hydrogen (secondary N) is 1. The van der Waals surface area contributed by atoms with Crippen molar-refractivity contribution >= 4 is 22.6 Å². The van der Waals surface area contributed by atoms with E-state index in [4.69, 9.17) is 5.11 Å². The average molecular weight is 272 g/mol. The van der Waals surface area contributed by atoms with Gasteiger partial charge in [0.25, 0.3) is 0 Å². The van der Waals surface area contributed by atoms with Crippen LogP contribution in [0.3, 0.4) is 0 Å². The molecular weight excluding hydrogens is 252 g/mol. The second kappa shape index (κ2) is 6.37. The summed E-state index contributed by atoms with van der Waals surface area (Å²) in [6.07, 6.45) is 2.19. The fourth-order valence-corrected chi connectivity index (χ4v) is 2.26. The first kappa shape index (κ1) is 14.3. The number of pyridine rings is 1. The third-order valence-corrected chi connectivity index (χ3v) is 3.67. The maximum atomic E-state index is 11.2. The van der Waals surface area contributed by atoms with Gasteiger partial charge < -0.3 is 10.4 Å². The van der Waals surface area contributed by atoms with E-state index in [-0.39, 0.29) is 5.69 Å². The zero-order chi connectivity index (χ0) is 14.5. The molecule has 2 aromatic rings. The van der Waals surface area contributed by atoms with Crippen molar-refractivity contribution in [2.75, 3.05) is 11.9 Å². The lowest BCUT2D eigenvalue weighted by Gasteiger charge is -2.15. The zero-order valence-electron chi connectivity index (χ0n) is 11.9. The van der Waals surface area contributed by atoms with E-state index in [0.29, 0.717) is 11.7 Å². The smallest absolute Gasteiger partial charge is 0.354 e. The Morgan fingerprint density at radius 1 is 1.30 bits per heavy atom. The number of aromatic carboxylic acids is 1. The summed E-state index contributed by atoms with van der Waals surface area (Å²) in [6.45, 7) is 5.14. The topological polar surface area (TPSA) is 62.2 Å². The molecule has 0 atom stereocenters. The Hall–Kier alpha value is -2.10. The van der Waals surface area contributed by atoms with Crippen LogP contribution in [-0.2, 0) is 0 Å². The highest BCUT2D eigenvalue weighted by molar-refractivity contribution is 5.97. The molecule has 0 bridgehead atoms. The number of benzene rings is 1. The summed E-state index contributed by atoms with van der Waals surface area (Å²) in [7, 11) is 0. The average Bonchev–Trinajstić information content (AvgIpc) is 2.47. The first-order valence-corrected chi connectivity index (χ1v) is 7.02. The fourth-order valence-electron chi connectivity index (χ4n) is 2.26. The number of aromatic nitrogens is 1. The number of carboxylic acid groups (broad SMARTS) is 1. The van der Waals surface area contributed by atoms with E-state index >= 15 is 0 Å². The van der Waals surface area contributed by atoms with Crippen LogP contribution in [-0.4, -0.2) is 22.6 Å². The highest BCUT2D eigenvalue weighted by Gasteiger charge is 2.11. The Morgan fingerprint density at radius 2 is 2.00 bits per heavy atom. The summed E-state index contributed by atoms with van der Waals surface area (Å²) in [5, 5.41) is 14.3. The predicted molar refractivity (Wildman–Crippen MR) is 81.3 cm³/mol. The molecule has 0 spiro atoms. The number of carboxylic acids is 1. The number of anilines is 1. The molecule has 0 aliphatic rings. The summed E-state index contributed by atoms with van der Waals surface area (Å²) >= 11 is 0. The molecule has 0 aliphatic heterocycles. The van der Waals surface area contributed by atoms with Crippen LogP contribution in [0.1, 0.15) is 37.2 Å². The molecule has 0 saturated carbocycles. The van der Waals surface area contributed by atoms with Gasteiger partial charge in [0.05, 0.1) is 0 Å². The van der Waals surface area contributed by atoms with E-state index in [1.165, 1.54) is 0 Å². The van der Waals surface area contributed by atoms with Crippen molar-refractivity contribution < 1.29 is 9.90 Å². The molecule has 4 nitrogen and oxygen atoms in total.